The van der Waals surface area contributed by atoms with E-state index in [2.05, 4.69) is 13.8 Å². The van der Waals surface area contributed by atoms with Crippen molar-refractivity contribution in [2.75, 3.05) is 6.54 Å². The van der Waals surface area contributed by atoms with Crippen molar-refractivity contribution >= 4 is 5.91 Å². The maximum Gasteiger partial charge on any atom is 0.240 e. The Balaban J connectivity index is 2.67. The largest absolute Gasteiger partial charge is 0.338 e. The van der Waals surface area contributed by atoms with Crippen molar-refractivity contribution in [2.45, 2.75) is 59.5 Å². The monoisotopic (exact) mass is 226 g/mol. The minimum Gasteiger partial charge on any atom is -0.338 e. The van der Waals surface area contributed by atoms with Gasteiger partial charge in [-0.3, -0.25) is 4.79 Å². The highest BCUT2D eigenvalue weighted by Gasteiger charge is 2.38. The van der Waals surface area contributed by atoms with Gasteiger partial charge in [-0.2, -0.15) is 0 Å². The van der Waals surface area contributed by atoms with E-state index in [1.165, 1.54) is 0 Å². The summed E-state index contributed by atoms with van der Waals surface area (Å²) < 4.78 is 0. The van der Waals surface area contributed by atoms with Crippen LogP contribution in [0.3, 0.4) is 0 Å². The van der Waals surface area contributed by atoms with Gasteiger partial charge in [-0.25, -0.2) is 0 Å². The van der Waals surface area contributed by atoms with Crippen molar-refractivity contribution in [2.24, 2.45) is 17.1 Å². The van der Waals surface area contributed by atoms with Crippen molar-refractivity contribution in [3.8, 4) is 0 Å². The van der Waals surface area contributed by atoms with E-state index in [9.17, 15) is 4.79 Å². The number of nitrogens with zero attached hydrogens (tertiary/aromatic N) is 1. The maximum absolute atomic E-state index is 12.3. The predicted molar refractivity (Wildman–Crippen MR) is 67.0 cm³/mol. The quantitative estimate of drug-likeness (QED) is 0.797. The molecule has 1 aliphatic rings. The van der Waals surface area contributed by atoms with E-state index in [-0.39, 0.29) is 17.4 Å². The Morgan fingerprint density at radius 1 is 1.38 bits per heavy atom. The van der Waals surface area contributed by atoms with Gasteiger partial charge in [0.25, 0.3) is 0 Å². The Morgan fingerprint density at radius 3 is 2.19 bits per heavy atom. The second kappa shape index (κ2) is 4.74. The van der Waals surface area contributed by atoms with Crippen LogP contribution in [0.15, 0.2) is 0 Å². The third kappa shape index (κ3) is 3.48. The summed E-state index contributed by atoms with van der Waals surface area (Å²) in [5, 5.41) is 0. The van der Waals surface area contributed by atoms with E-state index in [0.29, 0.717) is 12.0 Å². The molecular weight excluding hydrogens is 200 g/mol. The second-order valence-electron chi connectivity index (χ2n) is 6.46. The Labute approximate surface area is 99.4 Å². The zero-order chi connectivity index (χ0) is 12.5. The van der Waals surface area contributed by atoms with E-state index in [1.807, 2.05) is 25.7 Å². The molecule has 1 amide bonds. The fourth-order valence-electron chi connectivity index (χ4n) is 1.75. The van der Waals surface area contributed by atoms with Gasteiger partial charge in [0.2, 0.25) is 5.91 Å². The fourth-order valence-corrected chi connectivity index (χ4v) is 1.75. The van der Waals surface area contributed by atoms with Gasteiger partial charge in [-0.15, -0.1) is 0 Å². The van der Waals surface area contributed by atoms with Crippen molar-refractivity contribution in [3.05, 3.63) is 0 Å². The highest BCUT2D eigenvalue weighted by molar-refractivity contribution is 5.83. The molecule has 0 bridgehead atoms. The van der Waals surface area contributed by atoms with Crippen molar-refractivity contribution in [1.29, 1.82) is 0 Å². The molecule has 1 aliphatic carbocycles. The van der Waals surface area contributed by atoms with Crippen LogP contribution in [0.2, 0.25) is 0 Å². The lowest BCUT2D eigenvalue weighted by molar-refractivity contribution is -0.136. The first-order valence-corrected chi connectivity index (χ1v) is 6.29. The summed E-state index contributed by atoms with van der Waals surface area (Å²) in [6.07, 6.45) is 2.30. The van der Waals surface area contributed by atoms with Crippen LogP contribution in [0.1, 0.15) is 47.5 Å². The lowest BCUT2D eigenvalue weighted by Crippen LogP contribution is -2.52. The van der Waals surface area contributed by atoms with Crippen LogP contribution < -0.4 is 5.73 Å². The van der Waals surface area contributed by atoms with Crippen molar-refractivity contribution in [1.82, 2.24) is 4.90 Å². The molecule has 3 nitrogen and oxygen atoms in total. The molecule has 2 N–H and O–H groups in total. The molecule has 0 aliphatic heterocycles. The molecule has 1 atom stereocenters. The Hall–Kier alpha value is -0.570. The molecule has 1 fully saturated rings. The second-order valence-corrected chi connectivity index (χ2v) is 6.46. The van der Waals surface area contributed by atoms with Gasteiger partial charge >= 0.3 is 0 Å². The summed E-state index contributed by atoms with van der Waals surface area (Å²) in [7, 11) is 0. The highest BCUT2D eigenvalue weighted by atomic mass is 16.2. The summed E-state index contributed by atoms with van der Waals surface area (Å²) in [5.74, 6) is 0.639. The Bertz CT molecular complexity index is 251. The van der Waals surface area contributed by atoms with Crippen LogP contribution in [0.5, 0.6) is 0 Å². The van der Waals surface area contributed by atoms with E-state index in [1.54, 1.807) is 0 Å². The molecule has 0 aromatic heterocycles. The van der Waals surface area contributed by atoms with Gasteiger partial charge in [-0.05, 0) is 24.2 Å². The minimum atomic E-state index is -0.383. The normalized spacial score (nSPS) is 18.7. The fraction of sp³-hybridized carbons (Fsp3) is 0.923. The zero-order valence-electron chi connectivity index (χ0n) is 11.3. The molecule has 16 heavy (non-hydrogen) atoms. The van der Waals surface area contributed by atoms with Crippen molar-refractivity contribution in [3.63, 3.8) is 0 Å². The molecule has 1 unspecified atom stereocenters. The van der Waals surface area contributed by atoms with E-state index in [4.69, 9.17) is 5.73 Å². The number of carbonyl (C=O) groups excluding carboxylic acids is 1. The summed E-state index contributed by atoms with van der Waals surface area (Å²) in [6, 6.07) is 0.0788. The lowest BCUT2D eigenvalue weighted by Gasteiger charge is -2.33. The van der Waals surface area contributed by atoms with Gasteiger partial charge in [0.15, 0.2) is 0 Å². The number of hydrogen-bond acceptors (Lipinski definition) is 2. The van der Waals surface area contributed by atoms with Crippen LogP contribution >= 0.6 is 0 Å². The van der Waals surface area contributed by atoms with Gasteiger partial charge in [0, 0.05) is 12.6 Å². The molecule has 0 saturated heterocycles. The van der Waals surface area contributed by atoms with Gasteiger partial charge in [0.05, 0.1) is 6.04 Å². The van der Waals surface area contributed by atoms with Crippen LogP contribution in [0.25, 0.3) is 0 Å². The highest BCUT2D eigenvalue weighted by Crippen LogP contribution is 2.30. The average Bonchev–Trinajstić information content (AvgIpc) is 2.93. The third-order valence-corrected chi connectivity index (χ3v) is 3.03. The smallest absolute Gasteiger partial charge is 0.240 e. The number of rotatable bonds is 4. The van der Waals surface area contributed by atoms with E-state index in [0.717, 1.165) is 19.4 Å². The molecule has 94 valence electrons. The van der Waals surface area contributed by atoms with Crippen LogP contribution in [-0.4, -0.2) is 29.4 Å². The summed E-state index contributed by atoms with van der Waals surface area (Å²) in [4.78, 5) is 14.3. The van der Waals surface area contributed by atoms with Crippen LogP contribution in [0.4, 0.5) is 0 Å². The molecule has 0 heterocycles. The summed E-state index contributed by atoms with van der Waals surface area (Å²) in [5.41, 5.74) is 5.89. The topological polar surface area (TPSA) is 46.3 Å². The van der Waals surface area contributed by atoms with E-state index < -0.39 is 0 Å². The zero-order valence-corrected chi connectivity index (χ0v) is 11.3. The third-order valence-electron chi connectivity index (χ3n) is 3.03. The molecule has 1 saturated carbocycles. The molecular formula is C13H26N2O. The first kappa shape index (κ1) is 13.5. The SMILES string of the molecule is CC(C)CN(C(=O)C(N)C(C)(C)C)C1CC1. The number of amides is 1. The predicted octanol–water partition coefficient (Wildman–Crippen LogP) is 2.01. The molecule has 0 aromatic rings. The maximum atomic E-state index is 12.3. The van der Waals surface area contributed by atoms with Crippen molar-refractivity contribution < 1.29 is 4.79 Å². The molecule has 0 radical (unpaired) electrons. The molecule has 0 aromatic carbocycles. The van der Waals surface area contributed by atoms with E-state index >= 15 is 0 Å². The number of hydrogen-bond donors (Lipinski definition) is 1. The first-order valence-electron chi connectivity index (χ1n) is 6.29. The van der Waals surface area contributed by atoms with Gasteiger partial charge < -0.3 is 10.6 Å². The number of carbonyl (C=O) groups is 1. The Kier molecular flexibility index (Phi) is 4.00. The molecule has 1 rings (SSSR count). The minimum absolute atomic E-state index is 0.128. The standard InChI is InChI=1S/C13H26N2O/c1-9(2)8-15(10-6-7-10)12(16)11(14)13(3,4)5/h9-11H,6-8,14H2,1-5H3. The Morgan fingerprint density at radius 2 is 1.88 bits per heavy atom. The molecule has 0 spiro atoms. The summed E-state index contributed by atoms with van der Waals surface area (Å²) >= 11 is 0. The van der Waals surface area contributed by atoms with Crippen LogP contribution in [0, 0.1) is 11.3 Å². The van der Waals surface area contributed by atoms with Crippen LogP contribution in [-0.2, 0) is 4.79 Å². The average molecular weight is 226 g/mol. The summed E-state index contributed by atoms with van der Waals surface area (Å²) in [6.45, 7) is 11.2. The lowest BCUT2D eigenvalue weighted by atomic mass is 9.86. The first-order chi connectivity index (χ1) is 7.23. The van der Waals surface area contributed by atoms with Gasteiger partial charge in [-0.1, -0.05) is 34.6 Å². The molecule has 3 heteroatoms. The number of nitrogens with two attached hydrogens (primary N) is 1. The van der Waals surface area contributed by atoms with Gasteiger partial charge in [0.1, 0.15) is 0 Å².